The lowest BCUT2D eigenvalue weighted by molar-refractivity contribution is 1.07. The Balaban J connectivity index is 1.11. The molecule has 3 aromatic heterocycles. The van der Waals surface area contributed by atoms with Crippen molar-refractivity contribution in [3.05, 3.63) is 194 Å². The Kier molecular flexibility index (Phi) is 7.64. The van der Waals surface area contributed by atoms with Gasteiger partial charge in [0.2, 0.25) is 0 Å². The number of aromatic nitrogens is 4. The van der Waals surface area contributed by atoms with Crippen molar-refractivity contribution < 1.29 is 0 Å². The molecule has 0 bridgehead atoms. The van der Waals surface area contributed by atoms with E-state index >= 15 is 0 Å². The summed E-state index contributed by atoms with van der Waals surface area (Å²) in [4.78, 5) is 15.3. The molecule has 56 heavy (non-hydrogen) atoms. The maximum atomic E-state index is 5.15. The van der Waals surface area contributed by atoms with E-state index in [-0.39, 0.29) is 0 Å². The topological polar surface area (TPSA) is 43.6 Å². The van der Waals surface area contributed by atoms with Crippen LogP contribution in [0.3, 0.4) is 0 Å². The van der Waals surface area contributed by atoms with Crippen LogP contribution >= 0.6 is 11.3 Å². The fraction of sp³-hybridized carbons (Fsp3) is 0. The lowest BCUT2D eigenvalue weighted by Gasteiger charge is -2.12. The normalized spacial score (nSPS) is 11.6. The maximum Gasteiger partial charge on any atom is 0.164 e. The van der Waals surface area contributed by atoms with E-state index in [0.29, 0.717) is 17.5 Å². The Morgan fingerprint density at radius 2 is 0.875 bits per heavy atom. The lowest BCUT2D eigenvalue weighted by atomic mass is 10.00. The monoisotopic (exact) mass is 732 g/mol. The SMILES string of the molecule is c1ccc(-c2ccc(-c3nc(-c4ccccc4)nc(-c4ccc5c6cccc(-c7ccc8sc9ccccc9c8c7)c6n(-c6ccccc6)c5c4)n3)cc2)cc1. The minimum atomic E-state index is 0.628. The van der Waals surface area contributed by atoms with Gasteiger partial charge in [-0.2, -0.15) is 0 Å². The van der Waals surface area contributed by atoms with Crippen molar-refractivity contribution in [2.75, 3.05) is 0 Å². The summed E-state index contributed by atoms with van der Waals surface area (Å²) in [6.07, 6.45) is 0. The van der Waals surface area contributed by atoms with Gasteiger partial charge in [-0.15, -0.1) is 11.3 Å². The molecular weight excluding hydrogens is 701 g/mol. The summed E-state index contributed by atoms with van der Waals surface area (Å²) in [5.74, 6) is 1.90. The van der Waals surface area contributed by atoms with Crippen molar-refractivity contribution in [1.82, 2.24) is 19.5 Å². The molecule has 0 aliphatic carbocycles. The molecule has 0 aliphatic rings. The predicted molar refractivity (Wildman–Crippen MR) is 234 cm³/mol. The number of hydrogen-bond donors (Lipinski definition) is 0. The van der Waals surface area contributed by atoms with Crippen LogP contribution in [0, 0.1) is 0 Å². The summed E-state index contributed by atoms with van der Waals surface area (Å²) in [6.45, 7) is 0. The molecule has 11 aromatic rings. The van der Waals surface area contributed by atoms with Gasteiger partial charge in [-0.3, -0.25) is 0 Å². The first-order valence-corrected chi connectivity index (χ1v) is 19.6. The van der Waals surface area contributed by atoms with Crippen molar-refractivity contribution in [2.45, 2.75) is 0 Å². The molecule has 0 unspecified atom stereocenters. The molecule has 0 spiro atoms. The van der Waals surface area contributed by atoms with Gasteiger partial charge in [-0.05, 0) is 53.1 Å². The van der Waals surface area contributed by atoms with Crippen LogP contribution in [-0.2, 0) is 0 Å². The minimum Gasteiger partial charge on any atom is -0.309 e. The van der Waals surface area contributed by atoms with Crippen molar-refractivity contribution in [2.24, 2.45) is 0 Å². The number of thiophene rings is 1. The first kappa shape index (κ1) is 32.2. The van der Waals surface area contributed by atoms with E-state index in [9.17, 15) is 0 Å². The highest BCUT2D eigenvalue weighted by atomic mass is 32.1. The smallest absolute Gasteiger partial charge is 0.164 e. The molecule has 8 aromatic carbocycles. The summed E-state index contributed by atoms with van der Waals surface area (Å²) in [6, 6.07) is 68.6. The van der Waals surface area contributed by atoms with Gasteiger partial charge in [0.15, 0.2) is 17.5 Å². The van der Waals surface area contributed by atoms with Crippen molar-refractivity contribution in [3.63, 3.8) is 0 Å². The molecule has 4 nitrogen and oxygen atoms in total. The zero-order valence-corrected chi connectivity index (χ0v) is 31.0. The van der Waals surface area contributed by atoms with Gasteiger partial charge in [0, 0.05) is 58.9 Å². The number of fused-ring (bicyclic) bond motifs is 6. The van der Waals surface area contributed by atoms with Crippen LogP contribution in [0.25, 0.3) is 104 Å². The van der Waals surface area contributed by atoms with Gasteiger partial charge in [-0.1, -0.05) is 158 Å². The van der Waals surface area contributed by atoms with Crippen LogP contribution in [-0.4, -0.2) is 19.5 Å². The van der Waals surface area contributed by atoms with Gasteiger partial charge in [-0.25, -0.2) is 15.0 Å². The third kappa shape index (κ3) is 5.48. The summed E-state index contributed by atoms with van der Waals surface area (Å²) in [7, 11) is 0. The highest BCUT2D eigenvalue weighted by molar-refractivity contribution is 7.25. The molecular formula is C51H32N4S. The van der Waals surface area contributed by atoms with Gasteiger partial charge in [0.1, 0.15) is 0 Å². The fourth-order valence-electron chi connectivity index (χ4n) is 7.97. The highest BCUT2D eigenvalue weighted by Gasteiger charge is 2.20. The number of hydrogen-bond acceptors (Lipinski definition) is 4. The molecule has 0 amide bonds. The quantitative estimate of drug-likeness (QED) is 0.171. The van der Waals surface area contributed by atoms with Crippen LogP contribution in [0.2, 0.25) is 0 Å². The summed E-state index contributed by atoms with van der Waals surface area (Å²) < 4.78 is 5.01. The molecule has 0 fully saturated rings. The molecule has 5 heteroatoms. The Morgan fingerprint density at radius 1 is 0.339 bits per heavy atom. The molecule has 0 saturated heterocycles. The molecule has 0 atom stereocenters. The molecule has 0 N–H and O–H groups in total. The molecule has 262 valence electrons. The molecule has 0 aliphatic heterocycles. The Hall–Kier alpha value is -7.21. The summed E-state index contributed by atoms with van der Waals surface area (Å²) in [5.41, 5.74) is 10.9. The van der Waals surface area contributed by atoms with Crippen LogP contribution in [0.5, 0.6) is 0 Å². The summed E-state index contributed by atoms with van der Waals surface area (Å²) in [5, 5.41) is 4.96. The third-order valence-corrected chi connectivity index (χ3v) is 11.8. The van der Waals surface area contributed by atoms with Gasteiger partial charge < -0.3 is 4.57 Å². The highest BCUT2D eigenvalue weighted by Crippen LogP contribution is 2.42. The average molecular weight is 733 g/mol. The molecule has 3 heterocycles. The maximum absolute atomic E-state index is 5.15. The zero-order valence-electron chi connectivity index (χ0n) is 30.2. The van der Waals surface area contributed by atoms with Gasteiger partial charge in [0.25, 0.3) is 0 Å². The van der Waals surface area contributed by atoms with E-state index in [2.05, 4.69) is 174 Å². The molecule has 11 rings (SSSR count). The second-order valence-electron chi connectivity index (χ2n) is 14.0. The van der Waals surface area contributed by atoms with E-state index in [1.165, 1.54) is 53.2 Å². The van der Waals surface area contributed by atoms with Crippen molar-refractivity contribution >= 4 is 53.3 Å². The van der Waals surface area contributed by atoms with Crippen molar-refractivity contribution in [1.29, 1.82) is 0 Å². The molecule has 0 saturated carbocycles. The van der Waals surface area contributed by atoms with E-state index in [1.54, 1.807) is 0 Å². The Morgan fingerprint density at radius 3 is 1.62 bits per heavy atom. The second kappa shape index (κ2) is 13.3. The Bertz CT molecular complexity index is 3220. The molecule has 0 radical (unpaired) electrons. The summed E-state index contributed by atoms with van der Waals surface area (Å²) >= 11 is 1.85. The third-order valence-electron chi connectivity index (χ3n) is 10.7. The van der Waals surface area contributed by atoms with E-state index in [0.717, 1.165) is 33.5 Å². The first-order chi connectivity index (χ1) is 27.7. The predicted octanol–water partition coefficient (Wildman–Crippen LogP) is 13.7. The van der Waals surface area contributed by atoms with Crippen LogP contribution in [0.1, 0.15) is 0 Å². The zero-order chi connectivity index (χ0) is 37.0. The van der Waals surface area contributed by atoms with Gasteiger partial charge in [0.05, 0.1) is 11.0 Å². The van der Waals surface area contributed by atoms with Crippen LogP contribution < -0.4 is 0 Å². The number of para-hydroxylation sites is 2. The number of benzene rings is 8. The van der Waals surface area contributed by atoms with Gasteiger partial charge >= 0.3 is 0 Å². The number of rotatable bonds is 6. The van der Waals surface area contributed by atoms with E-state index in [4.69, 9.17) is 15.0 Å². The average Bonchev–Trinajstić information content (AvgIpc) is 3.82. The second-order valence-corrected chi connectivity index (χ2v) is 15.1. The van der Waals surface area contributed by atoms with Crippen molar-refractivity contribution in [3.8, 4) is 62.1 Å². The number of nitrogens with zero attached hydrogens (tertiary/aromatic N) is 4. The first-order valence-electron chi connectivity index (χ1n) is 18.8. The Labute approximate surface area is 327 Å². The largest absolute Gasteiger partial charge is 0.309 e. The van der Waals surface area contributed by atoms with E-state index in [1.807, 2.05) is 35.6 Å². The standard InChI is InChI=1S/C51H32N4S/c1-4-13-33(14-5-1)34-23-25-36(26-24-34)50-52-49(35-15-6-2-7-16-35)53-51(54-50)38-27-29-41-43-21-12-20-40(48(43)55(45(41)32-38)39-17-8-3-9-18-39)37-28-30-47-44(31-37)42-19-10-11-22-46(42)56-47/h1-32H. The van der Waals surface area contributed by atoms with Crippen LogP contribution in [0.4, 0.5) is 0 Å². The fourth-order valence-corrected chi connectivity index (χ4v) is 9.06. The lowest BCUT2D eigenvalue weighted by Crippen LogP contribution is -2.00. The van der Waals surface area contributed by atoms with E-state index < -0.39 is 0 Å². The minimum absolute atomic E-state index is 0.628. The van der Waals surface area contributed by atoms with Crippen LogP contribution in [0.15, 0.2) is 194 Å².